The molecule has 1 amide bonds. The lowest BCUT2D eigenvalue weighted by molar-refractivity contribution is -0.126. The molecule has 0 aliphatic carbocycles. The molecule has 1 aromatic rings. The third-order valence-corrected chi connectivity index (χ3v) is 3.23. The van der Waals surface area contributed by atoms with Gasteiger partial charge in [-0.15, -0.1) is 0 Å². The summed E-state index contributed by atoms with van der Waals surface area (Å²) in [5, 5.41) is 2.68. The lowest BCUT2D eigenvalue weighted by Crippen LogP contribution is -2.37. The number of hydrogen-bond acceptors (Lipinski definition) is 3. The Morgan fingerprint density at radius 2 is 2.06 bits per heavy atom. The maximum atomic E-state index is 11.8. The summed E-state index contributed by atoms with van der Waals surface area (Å²) in [5.74, 6) is -0.298. The Labute approximate surface area is 106 Å². The van der Waals surface area contributed by atoms with Gasteiger partial charge in [0, 0.05) is 12.2 Å². The van der Waals surface area contributed by atoms with Gasteiger partial charge in [-0.2, -0.15) is 0 Å². The lowest BCUT2D eigenvalue weighted by atomic mass is 10.0. The first kappa shape index (κ1) is 12.8. The molecular formula is C14H17NO3. The van der Waals surface area contributed by atoms with E-state index >= 15 is 0 Å². The smallest absolute Gasteiger partial charge is 0.226 e. The molecule has 96 valence electrons. The number of ketones is 1. The summed E-state index contributed by atoms with van der Waals surface area (Å²) in [6.45, 7) is 2.55. The Kier molecular flexibility index (Phi) is 4.10. The van der Waals surface area contributed by atoms with Crippen LogP contribution < -0.4 is 5.32 Å². The zero-order valence-electron chi connectivity index (χ0n) is 10.4. The highest BCUT2D eigenvalue weighted by Crippen LogP contribution is 2.20. The molecule has 0 spiro atoms. The molecular weight excluding hydrogens is 230 g/mol. The van der Waals surface area contributed by atoms with Crippen molar-refractivity contribution in [1.82, 2.24) is 5.32 Å². The van der Waals surface area contributed by atoms with Crippen LogP contribution in [0.25, 0.3) is 0 Å². The van der Waals surface area contributed by atoms with Crippen LogP contribution in [0.5, 0.6) is 0 Å². The van der Waals surface area contributed by atoms with Crippen LogP contribution in [0.2, 0.25) is 0 Å². The van der Waals surface area contributed by atoms with Crippen molar-refractivity contribution < 1.29 is 14.3 Å². The number of nitrogens with one attached hydrogen (secondary N) is 1. The highest BCUT2D eigenvalue weighted by Gasteiger charge is 2.30. The molecule has 0 radical (unpaired) electrons. The van der Waals surface area contributed by atoms with E-state index in [1.54, 1.807) is 12.1 Å². The van der Waals surface area contributed by atoms with Gasteiger partial charge in [-0.1, -0.05) is 30.3 Å². The Balaban J connectivity index is 1.85. The first-order chi connectivity index (χ1) is 8.68. The number of rotatable bonds is 4. The Hall–Kier alpha value is -1.68. The highest BCUT2D eigenvalue weighted by molar-refractivity contribution is 5.99. The van der Waals surface area contributed by atoms with Crippen molar-refractivity contribution in [3.8, 4) is 0 Å². The molecule has 0 bridgehead atoms. The van der Waals surface area contributed by atoms with Gasteiger partial charge >= 0.3 is 0 Å². The summed E-state index contributed by atoms with van der Waals surface area (Å²) in [5.41, 5.74) is 0.619. The van der Waals surface area contributed by atoms with E-state index in [2.05, 4.69) is 5.32 Å². The number of hydrogen-bond donors (Lipinski definition) is 1. The number of Topliss-reactive ketones (excluding diaryl/α,β-unsaturated/α-hetero) is 1. The SMILES string of the molecule is CC1OCCC1C(=O)NCC(=O)c1ccccc1. The second kappa shape index (κ2) is 5.78. The Morgan fingerprint density at radius 1 is 1.33 bits per heavy atom. The molecule has 1 N–H and O–H groups in total. The lowest BCUT2D eigenvalue weighted by Gasteiger charge is -2.13. The summed E-state index contributed by atoms with van der Waals surface area (Å²) in [6, 6.07) is 8.96. The highest BCUT2D eigenvalue weighted by atomic mass is 16.5. The third kappa shape index (κ3) is 2.96. The van der Waals surface area contributed by atoms with E-state index in [0.717, 1.165) is 6.42 Å². The van der Waals surface area contributed by atoms with Gasteiger partial charge in [0.15, 0.2) is 5.78 Å². The molecule has 2 unspecified atom stereocenters. The summed E-state index contributed by atoms with van der Waals surface area (Å²) in [7, 11) is 0. The molecule has 2 atom stereocenters. The summed E-state index contributed by atoms with van der Waals surface area (Å²) in [6.07, 6.45) is 0.670. The van der Waals surface area contributed by atoms with Crippen LogP contribution in [0.1, 0.15) is 23.7 Å². The van der Waals surface area contributed by atoms with E-state index in [1.165, 1.54) is 0 Å². The monoisotopic (exact) mass is 247 g/mol. The first-order valence-corrected chi connectivity index (χ1v) is 6.16. The molecule has 1 fully saturated rings. The average Bonchev–Trinajstić information content (AvgIpc) is 2.83. The third-order valence-electron chi connectivity index (χ3n) is 3.23. The minimum Gasteiger partial charge on any atom is -0.378 e. The molecule has 1 aromatic carbocycles. The maximum Gasteiger partial charge on any atom is 0.226 e. The van der Waals surface area contributed by atoms with Gasteiger partial charge in [0.2, 0.25) is 5.91 Å². The minimum atomic E-state index is -0.131. The second-order valence-corrected chi connectivity index (χ2v) is 4.48. The van der Waals surface area contributed by atoms with Gasteiger partial charge in [-0.25, -0.2) is 0 Å². The van der Waals surface area contributed by atoms with Crippen LogP contribution in [0.3, 0.4) is 0 Å². The van der Waals surface area contributed by atoms with Gasteiger partial charge in [0.25, 0.3) is 0 Å². The molecule has 1 aliphatic rings. The van der Waals surface area contributed by atoms with Crippen molar-refractivity contribution in [3.05, 3.63) is 35.9 Å². The van der Waals surface area contributed by atoms with Crippen molar-refractivity contribution in [1.29, 1.82) is 0 Å². The largest absolute Gasteiger partial charge is 0.378 e. The number of amides is 1. The van der Waals surface area contributed by atoms with Crippen LogP contribution in [0.4, 0.5) is 0 Å². The van der Waals surface area contributed by atoms with Gasteiger partial charge in [-0.05, 0) is 13.3 Å². The van der Waals surface area contributed by atoms with Crippen molar-refractivity contribution in [2.75, 3.05) is 13.2 Å². The van der Waals surface area contributed by atoms with E-state index in [-0.39, 0.29) is 30.3 Å². The van der Waals surface area contributed by atoms with Crippen molar-refractivity contribution >= 4 is 11.7 Å². The van der Waals surface area contributed by atoms with Crippen molar-refractivity contribution in [2.45, 2.75) is 19.4 Å². The number of carbonyl (C=O) groups is 2. The minimum absolute atomic E-state index is 0.0477. The zero-order chi connectivity index (χ0) is 13.0. The van der Waals surface area contributed by atoms with Crippen molar-refractivity contribution in [2.24, 2.45) is 5.92 Å². The topological polar surface area (TPSA) is 55.4 Å². The molecule has 0 saturated carbocycles. The fraction of sp³-hybridized carbons (Fsp3) is 0.429. The van der Waals surface area contributed by atoms with Gasteiger partial charge in [-0.3, -0.25) is 9.59 Å². The van der Waals surface area contributed by atoms with Crippen LogP contribution in [-0.2, 0) is 9.53 Å². The molecule has 2 rings (SSSR count). The van der Waals surface area contributed by atoms with E-state index in [1.807, 2.05) is 25.1 Å². The Morgan fingerprint density at radius 3 is 2.67 bits per heavy atom. The summed E-state index contributed by atoms with van der Waals surface area (Å²) >= 11 is 0. The fourth-order valence-corrected chi connectivity index (χ4v) is 2.10. The second-order valence-electron chi connectivity index (χ2n) is 4.48. The van der Waals surface area contributed by atoms with E-state index in [9.17, 15) is 9.59 Å². The van der Waals surface area contributed by atoms with Crippen LogP contribution in [0, 0.1) is 5.92 Å². The standard InChI is InChI=1S/C14H17NO3/c1-10-12(7-8-18-10)14(17)15-9-13(16)11-5-3-2-4-6-11/h2-6,10,12H,7-9H2,1H3,(H,15,17). The number of ether oxygens (including phenoxy) is 1. The summed E-state index contributed by atoms with van der Waals surface area (Å²) < 4.78 is 5.33. The number of carbonyl (C=O) groups excluding carboxylic acids is 2. The zero-order valence-corrected chi connectivity index (χ0v) is 10.4. The molecule has 4 nitrogen and oxygen atoms in total. The molecule has 4 heteroatoms. The van der Waals surface area contributed by atoms with Crippen LogP contribution in [0.15, 0.2) is 30.3 Å². The normalized spacial score (nSPS) is 22.7. The van der Waals surface area contributed by atoms with Crippen molar-refractivity contribution in [3.63, 3.8) is 0 Å². The molecule has 0 aromatic heterocycles. The number of benzene rings is 1. The quantitative estimate of drug-likeness (QED) is 0.818. The molecule has 1 heterocycles. The first-order valence-electron chi connectivity index (χ1n) is 6.16. The van der Waals surface area contributed by atoms with E-state index in [0.29, 0.717) is 12.2 Å². The summed E-state index contributed by atoms with van der Waals surface area (Å²) in [4.78, 5) is 23.6. The predicted octanol–water partition coefficient (Wildman–Crippen LogP) is 1.41. The van der Waals surface area contributed by atoms with Gasteiger partial charge in [0.1, 0.15) is 0 Å². The van der Waals surface area contributed by atoms with E-state index < -0.39 is 0 Å². The van der Waals surface area contributed by atoms with Gasteiger partial charge < -0.3 is 10.1 Å². The van der Waals surface area contributed by atoms with E-state index in [4.69, 9.17) is 4.74 Å². The maximum absolute atomic E-state index is 11.8. The molecule has 18 heavy (non-hydrogen) atoms. The molecule has 1 saturated heterocycles. The van der Waals surface area contributed by atoms with Crippen LogP contribution >= 0.6 is 0 Å². The molecule has 1 aliphatic heterocycles. The predicted molar refractivity (Wildman–Crippen MR) is 67.3 cm³/mol. The van der Waals surface area contributed by atoms with Gasteiger partial charge in [0.05, 0.1) is 18.6 Å². The Bertz CT molecular complexity index is 430. The fourth-order valence-electron chi connectivity index (χ4n) is 2.10. The van der Waals surface area contributed by atoms with Crippen LogP contribution in [-0.4, -0.2) is 30.9 Å². The average molecular weight is 247 g/mol.